The maximum Gasteiger partial charge on any atom is 0.289 e. The van der Waals surface area contributed by atoms with Gasteiger partial charge in [-0.25, -0.2) is 9.67 Å². The maximum absolute atomic E-state index is 13.0. The molecule has 1 aliphatic heterocycles. The van der Waals surface area contributed by atoms with Crippen LogP contribution in [-0.2, 0) is 16.9 Å². The molecule has 0 aromatic carbocycles. The van der Waals surface area contributed by atoms with Gasteiger partial charge in [-0.2, -0.15) is 5.10 Å². The number of nitrogens with zero attached hydrogens (tertiary/aromatic N) is 6. The lowest BCUT2D eigenvalue weighted by Gasteiger charge is -2.34. The number of hydrogen-bond donors (Lipinski definition) is 0. The Balaban J connectivity index is 1.40. The molecule has 4 rings (SSSR count). The minimum absolute atomic E-state index is 0.0492. The van der Waals surface area contributed by atoms with Crippen LogP contribution in [0, 0.1) is 6.92 Å². The third-order valence-electron chi connectivity index (χ3n) is 5.71. The van der Waals surface area contributed by atoms with Crippen LogP contribution in [0.4, 0.5) is 0 Å². The fraction of sp³-hybridized carbons (Fsp3) is 0.500. The van der Waals surface area contributed by atoms with Crippen LogP contribution in [-0.4, -0.2) is 67.1 Å². The Hall–Kier alpha value is -3.43. The second-order valence-corrected chi connectivity index (χ2v) is 8.98. The molecule has 0 N–H and O–H groups in total. The summed E-state index contributed by atoms with van der Waals surface area (Å²) in [6.45, 7) is 9.83. The highest BCUT2D eigenvalue weighted by molar-refractivity contribution is 5.91. The van der Waals surface area contributed by atoms with Crippen LogP contribution in [0.15, 0.2) is 33.8 Å². The summed E-state index contributed by atoms with van der Waals surface area (Å²) in [6.07, 6.45) is 3.20. The molecule has 3 aromatic heterocycles. The first-order valence-electron chi connectivity index (χ1n) is 10.7. The van der Waals surface area contributed by atoms with Crippen molar-refractivity contribution in [2.45, 2.75) is 46.2 Å². The van der Waals surface area contributed by atoms with Gasteiger partial charge >= 0.3 is 0 Å². The molecule has 0 spiro atoms. The summed E-state index contributed by atoms with van der Waals surface area (Å²) >= 11 is 0. The van der Waals surface area contributed by atoms with Crippen molar-refractivity contribution in [3.05, 3.63) is 46.5 Å². The van der Waals surface area contributed by atoms with Crippen LogP contribution in [0.25, 0.3) is 11.0 Å². The van der Waals surface area contributed by atoms with Crippen molar-refractivity contribution in [2.75, 3.05) is 26.2 Å². The lowest BCUT2D eigenvalue weighted by Crippen LogP contribution is -2.50. The summed E-state index contributed by atoms with van der Waals surface area (Å²) in [7, 11) is 0. The van der Waals surface area contributed by atoms with Gasteiger partial charge in [-0.1, -0.05) is 0 Å². The minimum atomic E-state index is -0.295. The Morgan fingerprint density at radius 2 is 1.81 bits per heavy atom. The number of hydrogen-bond acceptors (Lipinski definition) is 6. The van der Waals surface area contributed by atoms with Gasteiger partial charge in [0.1, 0.15) is 11.2 Å². The average Bonchev–Trinajstić information content (AvgIpc) is 3.43. The molecular weight excluding hydrogens is 412 g/mol. The molecule has 3 aromatic rings. The fourth-order valence-corrected chi connectivity index (χ4v) is 3.94. The van der Waals surface area contributed by atoms with Gasteiger partial charge in [-0.15, -0.1) is 0 Å². The molecule has 1 aliphatic rings. The molecule has 2 amide bonds. The molecule has 10 heteroatoms. The van der Waals surface area contributed by atoms with Crippen LogP contribution < -0.4 is 5.56 Å². The first-order chi connectivity index (χ1) is 15.2. The van der Waals surface area contributed by atoms with Crippen molar-refractivity contribution < 1.29 is 14.0 Å². The smallest absolute Gasteiger partial charge is 0.289 e. The van der Waals surface area contributed by atoms with Gasteiger partial charge in [0.05, 0.1) is 18.0 Å². The largest absolute Gasteiger partial charge is 0.459 e. The molecule has 10 nitrogen and oxygen atoms in total. The lowest BCUT2D eigenvalue weighted by atomic mass is 10.1. The zero-order chi connectivity index (χ0) is 23.0. The molecule has 32 heavy (non-hydrogen) atoms. The Morgan fingerprint density at radius 3 is 2.44 bits per heavy atom. The number of rotatable bonds is 4. The van der Waals surface area contributed by atoms with E-state index in [1.54, 1.807) is 39.7 Å². The van der Waals surface area contributed by atoms with Crippen molar-refractivity contribution >= 4 is 22.8 Å². The predicted octanol–water partition coefficient (Wildman–Crippen LogP) is 1.62. The number of carbonyl (C=O) groups excluding carboxylic acids is 2. The molecule has 0 atom stereocenters. The summed E-state index contributed by atoms with van der Waals surface area (Å²) in [5.41, 5.74) is 0.0700. The molecule has 0 aliphatic carbocycles. The van der Waals surface area contributed by atoms with Gasteiger partial charge in [0.15, 0.2) is 11.4 Å². The monoisotopic (exact) mass is 440 g/mol. The number of fused-ring (bicyclic) bond motifs is 1. The van der Waals surface area contributed by atoms with Crippen molar-refractivity contribution in [1.82, 2.24) is 29.1 Å². The molecule has 4 heterocycles. The second kappa shape index (κ2) is 8.25. The number of aryl methyl sites for hydroxylation is 1. The summed E-state index contributed by atoms with van der Waals surface area (Å²) in [5.74, 6) is 0.638. The first kappa shape index (κ1) is 21.8. The topological polar surface area (TPSA) is 106 Å². The van der Waals surface area contributed by atoms with E-state index in [0.717, 1.165) is 0 Å². The Morgan fingerprint density at radius 1 is 1.12 bits per heavy atom. The van der Waals surface area contributed by atoms with E-state index in [1.807, 2.05) is 20.8 Å². The van der Waals surface area contributed by atoms with Gasteiger partial charge in [0.2, 0.25) is 5.91 Å². The van der Waals surface area contributed by atoms with E-state index in [2.05, 4.69) is 10.1 Å². The van der Waals surface area contributed by atoms with Crippen LogP contribution in [0.3, 0.4) is 0 Å². The standard InChI is InChI=1S/C22H28N6O4/c1-15-24-19-16(14-23-28(19)22(2,3)4)20(30)27(15)8-7-18(29)25-9-11-26(12-10-25)21(31)17-6-5-13-32-17/h5-6,13-14H,7-12H2,1-4H3. The van der Waals surface area contributed by atoms with E-state index in [-0.39, 0.29) is 35.9 Å². The van der Waals surface area contributed by atoms with E-state index in [0.29, 0.717) is 48.8 Å². The number of amides is 2. The Labute approximate surface area is 185 Å². The van der Waals surface area contributed by atoms with Crippen LogP contribution in [0.2, 0.25) is 0 Å². The fourth-order valence-electron chi connectivity index (χ4n) is 3.94. The zero-order valence-corrected chi connectivity index (χ0v) is 18.9. The van der Waals surface area contributed by atoms with Crippen molar-refractivity contribution in [1.29, 1.82) is 0 Å². The van der Waals surface area contributed by atoms with Gasteiger partial charge in [0.25, 0.3) is 11.5 Å². The van der Waals surface area contributed by atoms with Crippen molar-refractivity contribution in [3.63, 3.8) is 0 Å². The van der Waals surface area contributed by atoms with Gasteiger partial charge in [0, 0.05) is 39.1 Å². The average molecular weight is 441 g/mol. The molecule has 1 fully saturated rings. The third kappa shape index (κ3) is 4.04. The summed E-state index contributed by atoms with van der Waals surface area (Å²) in [4.78, 5) is 46.1. The summed E-state index contributed by atoms with van der Waals surface area (Å²) in [6, 6.07) is 3.31. The zero-order valence-electron chi connectivity index (χ0n) is 18.9. The maximum atomic E-state index is 13.0. The third-order valence-corrected chi connectivity index (χ3v) is 5.71. The van der Waals surface area contributed by atoms with E-state index in [9.17, 15) is 14.4 Å². The lowest BCUT2D eigenvalue weighted by molar-refractivity contribution is -0.132. The highest BCUT2D eigenvalue weighted by Crippen LogP contribution is 2.18. The molecule has 170 valence electrons. The van der Waals surface area contributed by atoms with Crippen LogP contribution in [0.1, 0.15) is 43.6 Å². The molecular formula is C22H28N6O4. The van der Waals surface area contributed by atoms with Gasteiger partial charge in [-0.05, 0) is 39.8 Å². The van der Waals surface area contributed by atoms with E-state index < -0.39 is 0 Å². The minimum Gasteiger partial charge on any atom is -0.459 e. The van der Waals surface area contributed by atoms with Crippen LogP contribution >= 0.6 is 0 Å². The molecule has 0 unspecified atom stereocenters. The van der Waals surface area contributed by atoms with Gasteiger partial charge < -0.3 is 14.2 Å². The second-order valence-electron chi connectivity index (χ2n) is 8.98. The summed E-state index contributed by atoms with van der Waals surface area (Å²) in [5, 5.41) is 4.79. The number of carbonyl (C=O) groups is 2. The van der Waals surface area contributed by atoms with Crippen molar-refractivity contribution in [3.8, 4) is 0 Å². The quantitative estimate of drug-likeness (QED) is 0.610. The first-order valence-corrected chi connectivity index (χ1v) is 10.7. The van der Waals surface area contributed by atoms with Crippen molar-refractivity contribution in [2.24, 2.45) is 0 Å². The number of aromatic nitrogens is 4. The summed E-state index contributed by atoms with van der Waals surface area (Å²) < 4.78 is 8.45. The van der Waals surface area contributed by atoms with Gasteiger partial charge in [-0.3, -0.25) is 19.0 Å². The predicted molar refractivity (Wildman–Crippen MR) is 117 cm³/mol. The SMILES string of the molecule is Cc1nc2c(cnn2C(C)(C)C)c(=O)n1CCC(=O)N1CCN(C(=O)c2ccco2)CC1. The van der Waals surface area contributed by atoms with E-state index in [4.69, 9.17) is 4.42 Å². The highest BCUT2D eigenvalue weighted by Gasteiger charge is 2.26. The number of furan rings is 1. The molecule has 1 saturated heterocycles. The normalized spacial score (nSPS) is 14.9. The van der Waals surface area contributed by atoms with Crippen LogP contribution in [0.5, 0.6) is 0 Å². The molecule has 0 bridgehead atoms. The van der Waals surface area contributed by atoms with E-state index in [1.165, 1.54) is 10.8 Å². The Bertz CT molecular complexity index is 1190. The molecule has 0 saturated carbocycles. The number of piperazine rings is 1. The Kier molecular flexibility index (Phi) is 5.62. The highest BCUT2D eigenvalue weighted by atomic mass is 16.3. The van der Waals surface area contributed by atoms with E-state index >= 15 is 0 Å². The molecule has 0 radical (unpaired) electrons.